The van der Waals surface area contributed by atoms with E-state index in [0.717, 1.165) is 30.4 Å². The fraction of sp³-hybridized carbons (Fsp3) is 0.467. The fourth-order valence-electron chi connectivity index (χ4n) is 3.05. The molecule has 1 aliphatic heterocycles. The van der Waals surface area contributed by atoms with E-state index in [1.807, 2.05) is 22.9 Å². The zero-order valence-corrected chi connectivity index (χ0v) is 11.5. The first-order chi connectivity index (χ1) is 9.75. The minimum absolute atomic E-state index is 0.202. The minimum Gasteiger partial charge on any atom is -0.342 e. The lowest BCUT2D eigenvalue weighted by molar-refractivity contribution is -0.383. The number of non-ortho nitro benzene ring substituents is 1. The molecule has 5 heteroatoms. The van der Waals surface area contributed by atoms with Gasteiger partial charge in [-0.3, -0.25) is 10.1 Å². The quantitative estimate of drug-likeness (QED) is 0.621. The second kappa shape index (κ2) is 5.63. The van der Waals surface area contributed by atoms with Crippen LogP contribution in [0.15, 0.2) is 30.5 Å². The molecule has 0 spiro atoms. The van der Waals surface area contributed by atoms with Crippen molar-refractivity contribution in [3.8, 4) is 0 Å². The summed E-state index contributed by atoms with van der Waals surface area (Å²) in [5, 5.41) is 12.1. The Morgan fingerprint density at radius 1 is 1.15 bits per heavy atom. The van der Waals surface area contributed by atoms with Crippen LogP contribution < -0.4 is 0 Å². The summed E-state index contributed by atoms with van der Waals surface area (Å²) in [6.45, 7) is 4.32. The van der Waals surface area contributed by atoms with E-state index < -0.39 is 0 Å². The zero-order chi connectivity index (χ0) is 13.9. The first-order valence-electron chi connectivity index (χ1n) is 7.20. The van der Waals surface area contributed by atoms with Gasteiger partial charge in [0.05, 0.1) is 4.92 Å². The highest BCUT2D eigenvalue weighted by Crippen LogP contribution is 2.26. The summed E-state index contributed by atoms with van der Waals surface area (Å²) in [5.74, 6) is 0. The molecule has 20 heavy (non-hydrogen) atoms. The summed E-state index contributed by atoms with van der Waals surface area (Å²) in [5.41, 5.74) is 0.951. The van der Waals surface area contributed by atoms with Gasteiger partial charge in [0.15, 0.2) is 0 Å². The predicted octanol–water partition coefficient (Wildman–Crippen LogP) is 3.04. The first-order valence-corrected chi connectivity index (χ1v) is 7.20. The van der Waals surface area contributed by atoms with Crippen LogP contribution in [-0.4, -0.2) is 34.0 Å². The van der Waals surface area contributed by atoms with E-state index in [9.17, 15) is 10.1 Å². The molecule has 0 aliphatic carbocycles. The van der Waals surface area contributed by atoms with E-state index in [4.69, 9.17) is 0 Å². The maximum atomic E-state index is 11.1. The molecule has 0 atom stereocenters. The Morgan fingerprint density at radius 3 is 2.70 bits per heavy atom. The molecule has 0 unspecified atom stereocenters. The number of rotatable bonds is 5. The highest BCUT2D eigenvalue weighted by molar-refractivity contribution is 5.88. The summed E-state index contributed by atoms with van der Waals surface area (Å²) in [6.07, 6.45) is 5.60. The van der Waals surface area contributed by atoms with E-state index >= 15 is 0 Å². The van der Waals surface area contributed by atoms with E-state index in [1.54, 1.807) is 12.1 Å². The van der Waals surface area contributed by atoms with Crippen LogP contribution in [0.25, 0.3) is 10.9 Å². The van der Waals surface area contributed by atoms with Gasteiger partial charge in [-0.05, 0) is 45.0 Å². The molecule has 106 valence electrons. The van der Waals surface area contributed by atoms with Crippen molar-refractivity contribution in [2.45, 2.75) is 25.8 Å². The van der Waals surface area contributed by atoms with Crippen molar-refractivity contribution in [3.63, 3.8) is 0 Å². The third kappa shape index (κ3) is 2.54. The molecule has 0 N–H and O–H groups in total. The number of nitro groups is 1. The van der Waals surface area contributed by atoms with Gasteiger partial charge in [0.25, 0.3) is 5.69 Å². The van der Waals surface area contributed by atoms with E-state index in [0.29, 0.717) is 0 Å². The second-order valence-electron chi connectivity index (χ2n) is 5.38. The van der Waals surface area contributed by atoms with Crippen LogP contribution in [0, 0.1) is 10.1 Å². The molecule has 1 aromatic carbocycles. The summed E-state index contributed by atoms with van der Waals surface area (Å²) in [4.78, 5) is 13.3. The van der Waals surface area contributed by atoms with E-state index in [2.05, 4.69) is 4.90 Å². The highest BCUT2D eigenvalue weighted by atomic mass is 16.6. The van der Waals surface area contributed by atoms with Gasteiger partial charge in [0.1, 0.15) is 5.52 Å². The van der Waals surface area contributed by atoms with Crippen molar-refractivity contribution in [1.82, 2.24) is 9.47 Å². The Hall–Kier alpha value is -1.88. The number of nitro benzene ring substituents is 1. The van der Waals surface area contributed by atoms with Crippen LogP contribution in [0.4, 0.5) is 5.69 Å². The van der Waals surface area contributed by atoms with Gasteiger partial charge < -0.3 is 9.47 Å². The maximum absolute atomic E-state index is 11.1. The summed E-state index contributed by atoms with van der Waals surface area (Å²) >= 11 is 0. The van der Waals surface area contributed by atoms with Crippen molar-refractivity contribution in [1.29, 1.82) is 0 Å². The molecule has 3 rings (SSSR count). The van der Waals surface area contributed by atoms with Gasteiger partial charge in [0.2, 0.25) is 0 Å². The fourth-order valence-corrected chi connectivity index (χ4v) is 3.05. The van der Waals surface area contributed by atoms with Gasteiger partial charge in [-0.25, -0.2) is 0 Å². The van der Waals surface area contributed by atoms with Crippen molar-refractivity contribution < 1.29 is 4.92 Å². The first kappa shape index (κ1) is 13.1. The van der Waals surface area contributed by atoms with E-state index in [1.165, 1.54) is 25.9 Å². The van der Waals surface area contributed by atoms with Crippen molar-refractivity contribution >= 4 is 16.6 Å². The van der Waals surface area contributed by atoms with Gasteiger partial charge in [-0.1, -0.05) is 12.1 Å². The lowest BCUT2D eigenvalue weighted by Crippen LogP contribution is -2.21. The average molecular weight is 273 g/mol. The number of nitrogens with zero attached hydrogens (tertiary/aromatic N) is 3. The third-order valence-corrected chi connectivity index (χ3v) is 4.04. The summed E-state index contributed by atoms with van der Waals surface area (Å²) < 4.78 is 2.02. The van der Waals surface area contributed by atoms with Crippen LogP contribution >= 0.6 is 0 Å². The second-order valence-corrected chi connectivity index (χ2v) is 5.38. The molecule has 1 aromatic heterocycles. The van der Waals surface area contributed by atoms with Crippen molar-refractivity contribution in [2.75, 3.05) is 19.6 Å². The zero-order valence-electron chi connectivity index (χ0n) is 11.5. The van der Waals surface area contributed by atoms with E-state index in [-0.39, 0.29) is 10.6 Å². The van der Waals surface area contributed by atoms with Gasteiger partial charge >= 0.3 is 0 Å². The molecular weight excluding hydrogens is 254 g/mol. The van der Waals surface area contributed by atoms with Gasteiger partial charge in [-0.2, -0.15) is 0 Å². The molecule has 0 bridgehead atoms. The number of para-hydroxylation sites is 1. The Labute approximate surface area is 117 Å². The molecule has 0 amide bonds. The molecule has 0 saturated carbocycles. The maximum Gasteiger partial charge on any atom is 0.293 e. The Morgan fingerprint density at radius 2 is 1.95 bits per heavy atom. The number of benzene rings is 1. The molecule has 1 fully saturated rings. The van der Waals surface area contributed by atoms with Crippen LogP contribution in [0.2, 0.25) is 0 Å². The molecule has 2 heterocycles. The van der Waals surface area contributed by atoms with Crippen molar-refractivity contribution in [2.24, 2.45) is 0 Å². The summed E-state index contributed by atoms with van der Waals surface area (Å²) in [6, 6.07) is 7.21. The number of fused-ring (bicyclic) bond motifs is 1. The number of aryl methyl sites for hydroxylation is 1. The smallest absolute Gasteiger partial charge is 0.293 e. The standard InChI is InChI=1S/C15H19N3O2/c19-18(20)14-6-3-5-13-7-12-17(15(13)14)11-4-10-16-8-1-2-9-16/h3,5-7,12H,1-2,4,8-11H2. The average Bonchev–Trinajstić information content (AvgIpc) is 3.08. The normalized spacial score (nSPS) is 16.0. The Bertz CT molecular complexity index is 615. The monoisotopic (exact) mass is 273 g/mol. The number of hydrogen-bond acceptors (Lipinski definition) is 3. The van der Waals surface area contributed by atoms with Gasteiger partial charge in [-0.15, -0.1) is 0 Å². The Balaban J connectivity index is 1.75. The molecule has 2 aromatic rings. The lowest BCUT2D eigenvalue weighted by atomic mass is 10.2. The lowest BCUT2D eigenvalue weighted by Gasteiger charge is -2.14. The van der Waals surface area contributed by atoms with Crippen LogP contribution in [0.1, 0.15) is 19.3 Å². The molecule has 1 aliphatic rings. The van der Waals surface area contributed by atoms with Crippen molar-refractivity contribution in [3.05, 3.63) is 40.6 Å². The topological polar surface area (TPSA) is 51.3 Å². The molecular formula is C15H19N3O2. The van der Waals surface area contributed by atoms with Crippen LogP contribution in [-0.2, 0) is 6.54 Å². The largest absolute Gasteiger partial charge is 0.342 e. The predicted molar refractivity (Wildman–Crippen MR) is 78.9 cm³/mol. The molecule has 1 saturated heterocycles. The van der Waals surface area contributed by atoms with Crippen LogP contribution in [0.5, 0.6) is 0 Å². The molecule has 0 radical (unpaired) electrons. The van der Waals surface area contributed by atoms with Gasteiger partial charge in [0, 0.05) is 24.2 Å². The third-order valence-electron chi connectivity index (χ3n) is 4.04. The van der Waals surface area contributed by atoms with Crippen LogP contribution in [0.3, 0.4) is 0 Å². The SMILES string of the molecule is O=[N+]([O-])c1cccc2ccn(CCCN3CCCC3)c12. The summed E-state index contributed by atoms with van der Waals surface area (Å²) in [7, 11) is 0. The molecule has 5 nitrogen and oxygen atoms in total. The highest BCUT2D eigenvalue weighted by Gasteiger charge is 2.15. The minimum atomic E-state index is -0.292. The number of hydrogen-bond donors (Lipinski definition) is 0. The number of likely N-dealkylation sites (tertiary alicyclic amines) is 1. The number of aromatic nitrogens is 1. The Kier molecular flexibility index (Phi) is 3.69.